The predicted octanol–water partition coefficient (Wildman–Crippen LogP) is 1.52. The summed E-state index contributed by atoms with van der Waals surface area (Å²) in [5.41, 5.74) is 0. The second-order valence-electron chi connectivity index (χ2n) is 5.33. The number of nitrogens with one attached hydrogen (secondary N) is 1. The van der Waals surface area contributed by atoms with E-state index in [1.807, 2.05) is 0 Å². The van der Waals surface area contributed by atoms with Crippen molar-refractivity contribution in [3.8, 4) is 0 Å². The summed E-state index contributed by atoms with van der Waals surface area (Å²) in [6.07, 6.45) is 4.86. The Bertz CT molecular complexity index is 499. The minimum Gasteiger partial charge on any atom is -0.256 e. The SMILES string of the molecule is C[C@@H]1CCC[C@@H](C)C1NS(=O)(=O)c1ccnn1C. The van der Waals surface area contributed by atoms with Crippen molar-refractivity contribution in [2.45, 2.75) is 44.2 Å². The molecule has 1 fully saturated rings. The Morgan fingerprint density at radius 2 is 1.94 bits per heavy atom. The van der Waals surface area contributed by atoms with Crippen LogP contribution in [-0.2, 0) is 17.1 Å². The summed E-state index contributed by atoms with van der Waals surface area (Å²) in [5.74, 6) is 0.772. The molecule has 1 N–H and O–H groups in total. The molecule has 0 unspecified atom stereocenters. The van der Waals surface area contributed by atoms with Gasteiger partial charge < -0.3 is 0 Å². The largest absolute Gasteiger partial charge is 0.257 e. The number of rotatable bonds is 3. The molecule has 18 heavy (non-hydrogen) atoms. The van der Waals surface area contributed by atoms with Gasteiger partial charge in [0.15, 0.2) is 5.03 Å². The van der Waals surface area contributed by atoms with Gasteiger partial charge in [0, 0.05) is 13.1 Å². The molecule has 1 aliphatic rings. The Morgan fingerprint density at radius 3 is 2.44 bits per heavy atom. The first kappa shape index (κ1) is 13.5. The second-order valence-corrected chi connectivity index (χ2v) is 6.99. The summed E-state index contributed by atoms with van der Waals surface area (Å²) in [6, 6.07) is 1.55. The van der Waals surface area contributed by atoms with Crippen LogP contribution >= 0.6 is 0 Å². The highest BCUT2D eigenvalue weighted by atomic mass is 32.2. The standard InChI is InChI=1S/C12H21N3O2S/c1-9-5-4-6-10(2)12(9)14-18(16,17)11-7-8-13-15(11)3/h7-10,12,14H,4-6H2,1-3H3/t9-,10-/m1/s1. The molecule has 0 saturated heterocycles. The molecule has 1 heterocycles. The first-order valence-corrected chi connectivity index (χ1v) is 7.90. The molecule has 102 valence electrons. The van der Waals surface area contributed by atoms with Crippen LogP contribution in [0.4, 0.5) is 0 Å². The number of nitrogens with zero attached hydrogens (tertiary/aromatic N) is 2. The first-order valence-electron chi connectivity index (χ1n) is 6.42. The Morgan fingerprint density at radius 1 is 1.33 bits per heavy atom. The van der Waals surface area contributed by atoms with E-state index < -0.39 is 10.0 Å². The monoisotopic (exact) mass is 271 g/mol. The van der Waals surface area contributed by atoms with Gasteiger partial charge in [-0.1, -0.05) is 20.3 Å². The highest BCUT2D eigenvalue weighted by molar-refractivity contribution is 7.89. The van der Waals surface area contributed by atoms with E-state index in [2.05, 4.69) is 23.7 Å². The van der Waals surface area contributed by atoms with E-state index >= 15 is 0 Å². The van der Waals surface area contributed by atoms with Crippen molar-refractivity contribution < 1.29 is 8.42 Å². The van der Waals surface area contributed by atoms with Crippen LogP contribution in [0.15, 0.2) is 17.3 Å². The van der Waals surface area contributed by atoms with Gasteiger partial charge in [-0.2, -0.15) is 5.10 Å². The van der Waals surface area contributed by atoms with E-state index in [-0.39, 0.29) is 11.1 Å². The maximum atomic E-state index is 12.3. The average molecular weight is 271 g/mol. The molecule has 0 aliphatic heterocycles. The summed E-state index contributed by atoms with van der Waals surface area (Å²) in [4.78, 5) is 0. The van der Waals surface area contributed by atoms with Crippen molar-refractivity contribution >= 4 is 10.0 Å². The summed E-state index contributed by atoms with van der Waals surface area (Å²) < 4.78 is 28.8. The third kappa shape index (κ3) is 2.59. The average Bonchev–Trinajstić information content (AvgIpc) is 2.71. The molecule has 2 atom stereocenters. The molecule has 1 aliphatic carbocycles. The van der Waals surface area contributed by atoms with Crippen molar-refractivity contribution in [1.29, 1.82) is 0 Å². The van der Waals surface area contributed by atoms with E-state index in [0.29, 0.717) is 11.8 Å². The van der Waals surface area contributed by atoms with Gasteiger partial charge in [0.05, 0.1) is 6.20 Å². The Labute approximate surface area is 109 Å². The molecular weight excluding hydrogens is 250 g/mol. The number of aryl methyl sites for hydroxylation is 1. The Balaban J connectivity index is 2.20. The predicted molar refractivity (Wildman–Crippen MR) is 69.5 cm³/mol. The summed E-state index contributed by atoms with van der Waals surface area (Å²) in [5, 5.41) is 4.14. The van der Waals surface area contributed by atoms with E-state index in [9.17, 15) is 8.42 Å². The van der Waals surface area contributed by atoms with Crippen LogP contribution in [-0.4, -0.2) is 24.2 Å². The molecule has 0 spiro atoms. The van der Waals surface area contributed by atoms with Gasteiger partial charge in [0.25, 0.3) is 10.0 Å². The summed E-state index contributed by atoms with van der Waals surface area (Å²) in [6.45, 7) is 4.23. The topological polar surface area (TPSA) is 64.0 Å². The molecule has 0 aromatic carbocycles. The molecule has 0 radical (unpaired) electrons. The normalized spacial score (nSPS) is 26.4. The van der Waals surface area contributed by atoms with Crippen molar-refractivity contribution in [1.82, 2.24) is 14.5 Å². The maximum absolute atomic E-state index is 12.3. The quantitative estimate of drug-likeness (QED) is 0.906. The van der Waals surface area contributed by atoms with Gasteiger partial charge in [-0.15, -0.1) is 0 Å². The third-order valence-corrected chi connectivity index (χ3v) is 5.42. The molecule has 1 saturated carbocycles. The van der Waals surface area contributed by atoms with Crippen LogP contribution in [0.25, 0.3) is 0 Å². The summed E-state index contributed by atoms with van der Waals surface area (Å²) >= 11 is 0. The molecule has 0 bridgehead atoms. The van der Waals surface area contributed by atoms with Gasteiger partial charge in [0.2, 0.25) is 0 Å². The fraction of sp³-hybridized carbons (Fsp3) is 0.750. The molecule has 5 nitrogen and oxygen atoms in total. The van der Waals surface area contributed by atoms with Crippen LogP contribution in [0.3, 0.4) is 0 Å². The molecule has 0 amide bonds. The van der Waals surface area contributed by atoms with Crippen molar-refractivity contribution in [2.75, 3.05) is 0 Å². The van der Waals surface area contributed by atoms with Crippen LogP contribution in [0.2, 0.25) is 0 Å². The van der Waals surface area contributed by atoms with E-state index in [1.165, 1.54) is 23.4 Å². The zero-order valence-corrected chi connectivity index (χ0v) is 11.9. The molecule has 6 heteroatoms. The van der Waals surface area contributed by atoms with Gasteiger partial charge in [-0.25, -0.2) is 13.1 Å². The second kappa shape index (κ2) is 5.01. The fourth-order valence-electron chi connectivity index (χ4n) is 2.78. The van der Waals surface area contributed by atoms with Crippen molar-refractivity contribution in [3.05, 3.63) is 12.3 Å². The van der Waals surface area contributed by atoms with Crippen LogP contribution in [0.5, 0.6) is 0 Å². The van der Waals surface area contributed by atoms with Gasteiger partial charge in [-0.3, -0.25) is 4.68 Å². The number of sulfonamides is 1. The fourth-order valence-corrected chi connectivity index (χ4v) is 4.36. The Kier molecular flexibility index (Phi) is 3.77. The first-order chi connectivity index (χ1) is 8.42. The van der Waals surface area contributed by atoms with Crippen molar-refractivity contribution in [3.63, 3.8) is 0 Å². The maximum Gasteiger partial charge on any atom is 0.257 e. The van der Waals surface area contributed by atoms with E-state index in [0.717, 1.165) is 12.8 Å². The molecular formula is C12H21N3O2S. The van der Waals surface area contributed by atoms with E-state index in [4.69, 9.17) is 0 Å². The highest BCUT2D eigenvalue weighted by Gasteiger charge is 2.32. The zero-order valence-electron chi connectivity index (χ0n) is 11.1. The van der Waals surface area contributed by atoms with Crippen LogP contribution in [0, 0.1) is 11.8 Å². The van der Waals surface area contributed by atoms with Crippen LogP contribution in [0.1, 0.15) is 33.1 Å². The minimum atomic E-state index is -3.46. The summed E-state index contributed by atoms with van der Waals surface area (Å²) in [7, 11) is -1.82. The van der Waals surface area contributed by atoms with Crippen molar-refractivity contribution in [2.24, 2.45) is 18.9 Å². The lowest BCUT2D eigenvalue weighted by molar-refractivity contribution is 0.233. The van der Waals surface area contributed by atoms with Gasteiger partial charge >= 0.3 is 0 Å². The smallest absolute Gasteiger partial charge is 0.256 e. The number of hydrogen-bond acceptors (Lipinski definition) is 3. The number of aromatic nitrogens is 2. The lowest BCUT2D eigenvalue weighted by Gasteiger charge is -2.34. The zero-order chi connectivity index (χ0) is 13.3. The van der Waals surface area contributed by atoms with E-state index in [1.54, 1.807) is 7.05 Å². The van der Waals surface area contributed by atoms with Gasteiger partial charge in [-0.05, 0) is 30.7 Å². The van der Waals surface area contributed by atoms with Gasteiger partial charge in [0.1, 0.15) is 0 Å². The molecule has 1 aromatic rings. The minimum absolute atomic E-state index is 0.0265. The lowest BCUT2D eigenvalue weighted by Crippen LogP contribution is -2.46. The Hall–Kier alpha value is -0.880. The lowest BCUT2D eigenvalue weighted by atomic mass is 9.79. The number of hydrogen-bond donors (Lipinski definition) is 1. The molecule has 1 aromatic heterocycles. The highest BCUT2D eigenvalue weighted by Crippen LogP contribution is 2.29. The van der Waals surface area contributed by atoms with Crippen LogP contribution < -0.4 is 4.72 Å². The third-order valence-electron chi connectivity index (χ3n) is 3.89. The molecule has 2 rings (SSSR count).